The van der Waals surface area contributed by atoms with E-state index in [2.05, 4.69) is 49.3 Å². The lowest BCUT2D eigenvalue weighted by Gasteiger charge is -2.49. The normalized spacial score (nSPS) is 33.6. The molecule has 1 fully saturated rings. The lowest BCUT2D eigenvalue weighted by Crippen LogP contribution is -2.52. The van der Waals surface area contributed by atoms with Gasteiger partial charge in [0.25, 0.3) is 0 Å². The molecule has 112 valence electrons. The number of fused-ring (bicyclic) bond motifs is 1. The number of likely N-dealkylation sites (tertiary alicyclic amines) is 1. The van der Waals surface area contributed by atoms with Crippen molar-refractivity contribution in [1.29, 1.82) is 0 Å². The second-order valence-corrected chi connectivity index (χ2v) is 6.97. The van der Waals surface area contributed by atoms with Crippen molar-refractivity contribution in [2.24, 2.45) is 5.41 Å². The Bertz CT molecular complexity index is 522. The van der Waals surface area contributed by atoms with Crippen LogP contribution >= 0.6 is 0 Å². The SMILES string of the molecule is COc1cccc2c1C(C)(C1(C)CCCN(C)C1)CN2.[HH]. The number of benzene rings is 1. The molecule has 1 aromatic carbocycles. The van der Waals surface area contributed by atoms with Crippen LogP contribution in [0, 0.1) is 5.41 Å². The van der Waals surface area contributed by atoms with Crippen molar-refractivity contribution in [3.8, 4) is 5.75 Å². The minimum Gasteiger partial charge on any atom is -0.496 e. The lowest BCUT2D eigenvalue weighted by atomic mass is 9.59. The van der Waals surface area contributed by atoms with Crippen LogP contribution in [0.1, 0.15) is 33.7 Å². The third-order valence-corrected chi connectivity index (χ3v) is 5.65. The summed E-state index contributed by atoms with van der Waals surface area (Å²) >= 11 is 0. The number of ether oxygens (including phenoxy) is 1. The fraction of sp³-hybridized carbons (Fsp3) is 0.647. The van der Waals surface area contributed by atoms with Crippen molar-refractivity contribution >= 4 is 5.69 Å². The van der Waals surface area contributed by atoms with E-state index in [1.807, 2.05) is 0 Å². The molecular weight excluding hydrogens is 248 g/mol. The van der Waals surface area contributed by atoms with Crippen LogP contribution in [0.15, 0.2) is 18.2 Å². The second-order valence-electron chi connectivity index (χ2n) is 6.97. The second kappa shape index (κ2) is 4.66. The van der Waals surface area contributed by atoms with Crippen molar-refractivity contribution in [3.63, 3.8) is 0 Å². The first kappa shape index (κ1) is 13.7. The Balaban J connectivity index is 0.00000161. The van der Waals surface area contributed by atoms with Crippen molar-refractivity contribution in [3.05, 3.63) is 23.8 Å². The van der Waals surface area contributed by atoms with Crippen molar-refractivity contribution in [2.75, 3.05) is 39.1 Å². The van der Waals surface area contributed by atoms with Crippen LogP contribution in [0.25, 0.3) is 0 Å². The molecule has 0 radical (unpaired) electrons. The van der Waals surface area contributed by atoms with E-state index < -0.39 is 0 Å². The Kier molecular flexibility index (Phi) is 3.20. The summed E-state index contributed by atoms with van der Waals surface area (Å²) in [5.74, 6) is 1.03. The Hall–Kier alpha value is -1.22. The average Bonchev–Trinajstić information content (AvgIpc) is 2.78. The summed E-state index contributed by atoms with van der Waals surface area (Å²) in [5.41, 5.74) is 3.04. The molecule has 2 heterocycles. The topological polar surface area (TPSA) is 24.5 Å². The maximum absolute atomic E-state index is 5.66. The van der Waals surface area contributed by atoms with Crippen molar-refractivity contribution in [2.45, 2.75) is 32.1 Å². The molecule has 2 aliphatic heterocycles. The Morgan fingerprint density at radius 2 is 2.15 bits per heavy atom. The predicted molar refractivity (Wildman–Crippen MR) is 85.8 cm³/mol. The summed E-state index contributed by atoms with van der Waals surface area (Å²) in [6, 6.07) is 6.35. The van der Waals surface area contributed by atoms with Gasteiger partial charge in [-0.1, -0.05) is 19.9 Å². The lowest BCUT2D eigenvalue weighted by molar-refractivity contribution is 0.0560. The maximum Gasteiger partial charge on any atom is 0.124 e. The van der Waals surface area contributed by atoms with E-state index >= 15 is 0 Å². The van der Waals surface area contributed by atoms with Gasteiger partial charge in [-0.25, -0.2) is 0 Å². The zero-order chi connectivity index (χ0) is 14.4. The van der Waals surface area contributed by atoms with Gasteiger partial charge < -0.3 is 15.0 Å². The van der Waals surface area contributed by atoms with E-state index in [9.17, 15) is 0 Å². The quantitative estimate of drug-likeness (QED) is 0.896. The number of methoxy groups -OCH3 is 1. The highest BCUT2D eigenvalue weighted by molar-refractivity contribution is 5.66. The monoisotopic (exact) mass is 276 g/mol. The summed E-state index contributed by atoms with van der Waals surface area (Å²) in [7, 11) is 4.02. The Morgan fingerprint density at radius 1 is 1.35 bits per heavy atom. The predicted octanol–water partition coefficient (Wildman–Crippen LogP) is 3.36. The molecule has 0 spiro atoms. The average molecular weight is 276 g/mol. The molecule has 2 aliphatic rings. The number of nitrogens with one attached hydrogen (secondary N) is 1. The molecule has 3 nitrogen and oxygen atoms in total. The van der Waals surface area contributed by atoms with E-state index in [1.165, 1.54) is 30.6 Å². The largest absolute Gasteiger partial charge is 0.496 e. The van der Waals surface area contributed by atoms with E-state index in [0.717, 1.165) is 18.8 Å². The van der Waals surface area contributed by atoms with Gasteiger partial charge in [0.05, 0.1) is 7.11 Å². The fourth-order valence-corrected chi connectivity index (χ4v) is 4.24. The fourth-order valence-electron chi connectivity index (χ4n) is 4.24. The molecule has 1 aromatic rings. The van der Waals surface area contributed by atoms with Gasteiger partial charge in [0.2, 0.25) is 0 Å². The maximum atomic E-state index is 5.66. The van der Waals surface area contributed by atoms with E-state index in [4.69, 9.17) is 4.74 Å². The van der Waals surface area contributed by atoms with Crippen molar-refractivity contribution < 1.29 is 6.16 Å². The van der Waals surface area contributed by atoms with E-state index in [-0.39, 0.29) is 12.3 Å². The minimum absolute atomic E-state index is 0. The standard InChI is InChI=1S/C17H26N2O.H2/c1-16(9-6-10-19(3)12-16)17(2)11-18-13-7-5-8-14(20-4)15(13)17;/h5,7-8,18H,6,9-12H2,1-4H3;1H. The van der Waals surface area contributed by atoms with Gasteiger partial charge in [0.1, 0.15) is 5.75 Å². The van der Waals surface area contributed by atoms with E-state index in [0.29, 0.717) is 0 Å². The molecule has 20 heavy (non-hydrogen) atoms. The Labute approximate surface area is 123 Å². The molecule has 2 unspecified atom stereocenters. The van der Waals surface area contributed by atoms with Gasteiger partial charge in [-0.2, -0.15) is 0 Å². The van der Waals surface area contributed by atoms with Gasteiger partial charge in [0.15, 0.2) is 0 Å². The smallest absolute Gasteiger partial charge is 0.124 e. The highest BCUT2D eigenvalue weighted by Gasteiger charge is 2.51. The van der Waals surface area contributed by atoms with Crippen LogP contribution in [0.2, 0.25) is 0 Å². The number of hydrogen-bond acceptors (Lipinski definition) is 3. The summed E-state index contributed by atoms with van der Waals surface area (Å²) in [6.07, 6.45) is 2.57. The number of anilines is 1. The van der Waals surface area contributed by atoms with Crippen LogP contribution in [0.3, 0.4) is 0 Å². The highest BCUT2D eigenvalue weighted by Crippen LogP contribution is 2.54. The summed E-state index contributed by atoms with van der Waals surface area (Å²) in [6.45, 7) is 8.24. The first-order valence-corrected chi connectivity index (χ1v) is 7.60. The van der Waals surface area contributed by atoms with Crippen molar-refractivity contribution in [1.82, 2.24) is 4.90 Å². The van der Waals surface area contributed by atoms with Crippen LogP contribution in [-0.2, 0) is 5.41 Å². The molecule has 0 aromatic heterocycles. The van der Waals surface area contributed by atoms with Crippen LogP contribution < -0.4 is 10.1 Å². The first-order valence-electron chi connectivity index (χ1n) is 7.60. The number of rotatable bonds is 2. The Morgan fingerprint density at radius 3 is 2.85 bits per heavy atom. The third-order valence-electron chi connectivity index (χ3n) is 5.65. The van der Waals surface area contributed by atoms with Crippen LogP contribution in [0.5, 0.6) is 5.75 Å². The summed E-state index contributed by atoms with van der Waals surface area (Å²) < 4.78 is 5.66. The van der Waals surface area contributed by atoms with Gasteiger partial charge in [-0.15, -0.1) is 0 Å². The van der Waals surface area contributed by atoms with Crippen LogP contribution in [-0.4, -0.2) is 38.7 Å². The van der Waals surface area contributed by atoms with E-state index in [1.54, 1.807) is 7.11 Å². The molecular formula is C17H28N2O. The highest BCUT2D eigenvalue weighted by atomic mass is 16.5. The molecule has 0 aliphatic carbocycles. The molecule has 1 N–H and O–H groups in total. The number of nitrogens with zero attached hydrogens (tertiary/aromatic N) is 1. The van der Waals surface area contributed by atoms with Gasteiger partial charge in [0, 0.05) is 31.2 Å². The summed E-state index contributed by atoms with van der Waals surface area (Å²) in [5, 5.41) is 3.60. The molecule has 3 heteroatoms. The first-order chi connectivity index (χ1) is 9.50. The van der Waals surface area contributed by atoms with Gasteiger partial charge in [-0.3, -0.25) is 0 Å². The summed E-state index contributed by atoms with van der Waals surface area (Å²) in [4.78, 5) is 2.47. The third kappa shape index (κ3) is 1.83. The zero-order valence-corrected chi connectivity index (χ0v) is 13.1. The molecule has 0 saturated carbocycles. The molecule has 2 atom stereocenters. The molecule has 0 bridgehead atoms. The molecule has 0 amide bonds. The molecule has 1 saturated heterocycles. The number of piperidine rings is 1. The van der Waals surface area contributed by atoms with Gasteiger partial charge in [-0.05, 0) is 44.0 Å². The zero-order valence-electron chi connectivity index (χ0n) is 13.1. The van der Waals surface area contributed by atoms with Gasteiger partial charge >= 0.3 is 0 Å². The minimum atomic E-state index is 0. The number of hydrogen-bond donors (Lipinski definition) is 1. The van der Waals surface area contributed by atoms with Crippen LogP contribution in [0.4, 0.5) is 5.69 Å². The molecule has 3 rings (SSSR count).